The van der Waals surface area contributed by atoms with Gasteiger partial charge in [0, 0.05) is 17.1 Å². The third kappa shape index (κ3) is 1.46. The minimum absolute atomic E-state index is 0.270. The molecule has 1 atom stereocenters. The monoisotopic (exact) mass is 198 g/mol. The number of fused-ring (bicyclic) bond motifs is 1. The van der Waals surface area contributed by atoms with Crippen molar-refractivity contribution in [2.75, 3.05) is 5.75 Å². The van der Waals surface area contributed by atoms with E-state index in [4.69, 9.17) is 0 Å². The molecule has 0 amide bonds. The summed E-state index contributed by atoms with van der Waals surface area (Å²) in [6.45, 7) is 1.96. The van der Waals surface area contributed by atoms with Crippen molar-refractivity contribution >= 4 is 11.8 Å². The maximum Gasteiger partial charge on any atom is 0.129 e. The Morgan fingerprint density at radius 2 is 2.31 bits per heavy atom. The molecule has 0 radical (unpaired) electrons. The third-order valence-electron chi connectivity index (χ3n) is 2.39. The lowest BCUT2D eigenvalue weighted by Gasteiger charge is -2.22. The molecule has 0 spiro atoms. The Kier molecular flexibility index (Phi) is 2.30. The van der Waals surface area contributed by atoms with Crippen LogP contribution in [0.3, 0.4) is 0 Å². The van der Waals surface area contributed by atoms with Crippen LogP contribution in [0.15, 0.2) is 12.1 Å². The van der Waals surface area contributed by atoms with Gasteiger partial charge in [-0.1, -0.05) is 6.07 Å². The van der Waals surface area contributed by atoms with Crippen molar-refractivity contribution in [3.8, 4) is 0 Å². The van der Waals surface area contributed by atoms with E-state index in [2.05, 4.69) is 0 Å². The van der Waals surface area contributed by atoms with Gasteiger partial charge in [-0.15, -0.1) is 0 Å². The van der Waals surface area contributed by atoms with E-state index in [9.17, 15) is 9.50 Å². The molecule has 1 aliphatic rings. The van der Waals surface area contributed by atoms with Crippen molar-refractivity contribution in [1.82, 2.24) is 0 Å². The highest BCUT2D eigenvalue weighted by Gasteiger charge is 2.23. The van der Waals surface area contributed by atoms with Crippen molar-refractivity contribution in [2.45, 2.75) is 18.8 Å². The lowest BCUT2D eigenvalue weighted by Crippen LogP contribution is -2.13. The van der Waals surface area contributed by atoms with E-state index < -0.39 is 6.10 Å². The summed E-state index contributed by atoms with van der Waals surface area (Å²) in [7, 11) is 0. The van der Waals surface area contributed by atoms with Crippen LogP contribution in [-0.4, -0.2) is 10.9 Å². The molecule has 0 saturated carbocycles. The zero-order chi connectivity index (χ0) is 9.42. The Hall–Kier alpha value is -0.540. The molecule has 2 rings (SSSR count). The van der Waals surface area contributed by atoms with Crippen LogP contribution < -0.4 is 0 Å². The minimum atomic E-state index is -0.631. The van der Waals surface area contributed by atoms with E-state index in [-0.39, 0.29) is 5.82 Å². The Morgan fingerprint density at radius 3 is 3.00 bits per heavy atom. The molecule has 1 heterocycles. The first-order valence-corrected chi connectivity index (χ1v) is 5.39. The Bertz CT molecular complexity index is 338. The summed E-state index contributed by atoms with van der Waals surface area (Å²) in [5.74, 6) is 1.15. The molecule has 1 aromatic rings. The normalized spacial score (nSPS) is 21.3. The van der Waals surface area contributed by atoms with Crippen LogP contribution in [0.1, 0.15) is 22.8 Å². The van der Waals surface area contributed by atoms with Crippen LogP contribution in [0.5, 0.6) is 0 Å². The molecule has 0 aliphatic carbocycles. The van der Waals surface area contributed by atoms with Crippen LogP contribution in [0.2, 0.25) is 0 Å². The number of aliphatic hydroxyl groups excluding tert-OH is 1. The molecular formula is C10H11FOS. The molecule has 70 valence electrons. The predicted molar refractivity (Wildman–Crippen MR) is 52.3 cm³/mol. The highest BCUT2D eigenvalue weighted by Crippen LogP contribution is 2.34. The summed E-state index contributed by atoms with van der Waals surface area (Å²) in [6.07, 6.45) is -0.631. The second kappa shape index (κ2) is 3.31. The van der Waals surface area contributed by atoms with Crippen molar-refractivity contribution in [3.05, 3.63) is 34.6 Å². The molecule has 0 aromatic heterocycles. The van der Waals surface area contributed by atoms with E-state index in [1.54, 1.807) is 17.8 Å². The lowest BCUT2D eigenvalue weighted by atomic mass is 9.99. The molecular weight excluding hydrogens is 187 g/mol. The zero-order valence-electron chi connectivity index (χ0n) is 7.38. The van der Waals surface area contributed by atoms with E-state index >= 15 is 0 Å². The Balaban J connectivity index is 2.60. The van der Waals surface area contributed by atoms with Crippen LogP contribution in [0.25, 0.3) is 0 Å². The van der Waals surface area contributed by atoms with Crippen LogP contribution in [-0.2, 0) is 5.75 Å². The number of rotatable bonds is 0. The van der Waals surface area contributed by atoms with E-state index in [0.717, 1.165) is 16.9 Å². The number of hydrogen-bond acceptors (Lipinski definition) is 2. The smallest absolute Gasteiger partial charge is 0.129 e. The fourth-order valence-electron chi connectivity index (χ4n) is 1.65. The average Bonchev–Trinajstić information content (AvgIpc) is 2.12. The van der Waals surface area contributed by atoms with Gasteiger partial charge in [-0.2, -0.15) is 11.8 Å². The topological polar surface area (TPSA) is 20.2 Å². The fraction of sp³-hybridized carbons (Fsp3) is 0.400. The number of hydrogen-bond donors (Lipinski definition) is 1. The summed E-state index contributed by atoms with van der Waals surface area (Å²) < 4.78 is 13.3. The molecule has 13 heavy (non-hydrogen) atoms. The largest absolute Gasteiger partial charge is 0.387 e. The van der Waals surface area contributed by atoms with E-state index in [1.165, 1.54) is 6.07 Å². The second-order valence-electron chi connectivity index (χ2n) is 3.29. The van der Waals surface area contributed by atoms with Crippen molar-refractivity contribution < 1.29 is 9.50 Å². The molecule has 1 nitrogen and oxygen atoms in total. The molecule has 1 N–H and O–H groups in total. The van der Waals surface area contributed by atoms with Crippen molar-refractivity contribution in [3.63, 3.8) is 0 Å². The van der Waals surface area contributed by atoms with Gasteiger partial charge in [0.1, 0.15) is 5.82 Å². The van der Waals surface area contributed by atoms with Crippen molar-refractivity contribution in [1.29, 1.82) is 0 Å². The van der Waals surface area contributed by atoms with E-state index in [1.807, 2.05) is 6.92 Å². The maximum absolute atomic E-state index is 13.3. The Labute approximate surface area is 81.0 Å². The molecule has 1 aliphatic heterocycles. The molecule has 3 heteroatoms. The number of aryl methyl sites for hydroxylation is 1. The van der Waals surface area contributed by atoms with Gasteiger partial charge in [0.2, 0.25) is 0 Å². The summed E-state index contributed by atoms with van der Waals surface area (Å²) >= 11 is 1.65. The highest BCUT2D eigenvalue weighted by molar-refractivity contribution is 7.98. The van der Waals surface area contributed by atoms with Gasteiger partial charge in [-0.3, -0.25) is 0 Å². The third-order valence-corrected chi connectivity index (χ3v) is 3.44. The average molecular weight is 198 g/mol. The summed E-state index contributed by atoms with van der Waals surface area (Å²) in [5.41, 5.74) is 2.56. The molecule has 0 saturated heterocycles. The zero-order valence-corrected chi connectivity index (χ0v) is 8.20. The Morgan fingerprint density at radius 1 is 1.54 bits per heavy atom. The van der Waals surface area contributed by atoms with Gasteiger partial charge in [0.05, 0.1) is 6.10 Å². The number of benzene rings is 1. The van der Waals surface area contributed by atoms with Gasteiger partial charge in [0.15, 0.2) is 0 Å². The fourth-order valence-corrected chi connectivity index (χ4v) is 2.75. The van der Waals surface area contributed by atoms with Gasteiger partial charge in [-0.05, 0) is 24.1 Å². The summed E-state index contributed by atoms with van der Waals surface area (Å²) in [5, 5.41) is 9.61. The molecule has 1 aromatic carbocycles. The van der Waals surface area contributed by atoms with Gasteiger partial charge in [-0.25, -0.2) is 4.39 Å². The number of thioether (sulfide) groups is 1. The predicted octanol–water partition coefficient (Wildman–Crippen LogP) is 2.41. The van der Waals surface area contributed by atoms with Gasteiger partial charge >= 0.3 is 0 Å². The SMILES string of the molecule is Cc1ccc(F)c2c1CSC[C@@H]2O. The second-order valence-corrected chi connectivity index (χ2v) is 4.32. The van der Waals surface area contributed by atoms with E-state index in [0.29, 0.717) is 11.3 Å². The van der Waals surface area contributed by atoms with Gasteiger partial charge in [0.25, 0.3) is 0 Å². The molecule has 0 bridgehead atoms. The van der Waals surface area contributed by atoms with Crippen molar-refractivity contribution in [2.24, 2.45) is 0 Å². The molecule has 0 unspecified atom stereocenters. The minimum Gasteiger partial charge on any atom is -0.387 e. The lowest BCUT2D eigenvalue weighted by molar-refractivity contribution is 0.196. The summed E-state index contributed by atoms with van der Waals surface area (Å²) in [6, 6.07) is 3.21. The highest BCUT2D eigenvalue weighted by atomic mass is 32.2. The van der Waals surface area contributed by atoms with Crippen LogP contribution in [0, 0.1) is 12.7 Å². The number of halogens is 1. The maximum atomic E-state index is 13.3. The van der Waals surface area contributed by atoms with Crippen LogP contribution >= 0.6 is 11.8 Å². The van der Waals surface area contributed by atoms with Gasteiger partial charge < -0.3 is 5.11 Å². The number of aliphatic hydroxyl groups is 1. The van der Waals surface area contributed by atoms with Crippen LogP contribution in [0.4, 0.5) is 4.39 Å². The molecule has 0 fully saturated rings. The first kappa shape index (κ1) is 9.03. The standard InChI is InChI=1S/C10H11FOS/c1-6-2-3-8(11)10-7(6)4-13-5-9(10)12/h2-3,9,12H,4-5H2,1H3/t9-/m0/s1. The summed E-state index contributed by atoms with van der Waals surface area (Å²) in [4.78, 5) is 0. The quantitative estimate of drug-likeness (QED) is 0.690. The first-order chi connectivity index (χ1) is 6.20. The first-order valence-electron chi connectivity index (χ1n) is 4.24.